The van der Waals surface area contributed by atoms with E-state index in [0.717, 1.165) is 0 Å². The fourth-order valence-electron chi connectivity index (χ4n) is 3.70. The molecule has 0 saturated heterocycles. The van der Waals surface area contributed by atoms with Crippen LogP contribution in [-0.2, 0) is 9.47 Å². The summed E-state index contributed by atoms with van der Waals surface area (Å²) < 4.78 is 33.0. The molecule has 1 atom stereocenters. The molecule has 0 fully saturated rings. The molecule has 4 rings (SSSR count). The van der Waals surface area contributed by atoms with Crippen molar-refractivity contribution in [3.05, 3.63) is 108 Å². The Kier molecular flexibility index (Phi) is 11.4. The highest BCUT2D eigenvalue weighted by Crippen LogP contribution is 2.26. The normalized spacial score (nSPS) is 11.4. The molecule has 0 radical (unpaired) electrons. The first-order valence-corrected chi connectivity index (χ1v) is 13.5. The van der Waals surface area contributed by atoms with Crippen LogP contribution in [0, 0.1) is 0 Å². The number of ether oxygens (including phenoxy) is 6. The summed E-state index contributed by atoms with van der Waals surface area (Å²) in [6, 6.07) is 25.4. The molecule has 0 aliphatic carbocycles. The van der Waals surface area contributed by atoms with Crippen molar-refractivity contribution in [3.63, 3.8) is 0 Å². The lowest BCUT2D eigenvalue weighted by atomic mass is 10.2. The van der Waals surface area contributed by atoms with E-state index in [4.69, 9.17) is 28.4 Å². The van der Waals surface area contributed by atoms with Gasteiger partial charge in [-0.15, -0.1) is 0 Å². The number of rotatable bonds is 15. The van der Waals surface area contributed by atoms with Gasteiger partial charge in [-0.05, 0) is 79.7 Å². The average molecular weight is 589 g/mol. The maximum atomic E-state index is 12.3. The fourth-order valence-corrected chi connectivity index (χ4v) is 3.70. The van der Waals surface area contributed by atoms with Gasteiger partial charge in [-0.3, -0.25) is 0 Å². The monoisotopic (exact) mass is 588 g/mol. The van der Waals surface area contributed by atoms with Gasteiger partial charge in [0.2, 0.25) is 0 Å². The lowest BCUT2D eigenvalue weighted by Crippen LogP contribution is -2.21. The second-order valence-electron chi connectivity index (χ2n) is 9.22. The number of phenolic OH excluding ortho intramolecular Hbond substituents is 2. The molecule has 0 saturated carbocycles. The number of hydrogen-bond acceptors (Lipinski definition) is 10. The van der Waals surface area contributed by atoms with E-state index in [1.165, 1.54) is 24.3 Å². The second-order valence-corrected chi connectivity index (χ2v) is 9.22. The Hall–Kier alpha value is -5.06. The van der Waals surface area contributed by atoms with Crippen molar-refractivity contribution in [1.82, 2.24) is 0 Å². The van der Waals surface area contributed by atoms with Gasteiger partial charge >= 0.3 is 11.9 Å². The minimum atomic E-state index is -0.586. The van der Waals surface area contributed by atoms with Gasteiger partial charge in [0.15, 0.2) is 23.0 Å². The smallest absolute Gasteiger partial charge is 0.343 e. The maximum Gasteiger partial charge on any atom is 0.343 e. The molecule has 0 aliphatic rings. The molecule has 224 valence electrons. The van der Waals surface area contributed by atoms with E-state index in [9.17, 15) is 19.8 Å². The zero-order valence-corrected chi connectivity index (χ0v) is 23.5. The van der Waals surface area contributed by atoms with Gasteiger partial charge in [-0.1, -0.05) is 24.3 Å². The molecule has 0 aromatic heterocycles. The molecule has 4 aromatic carbocycles. The van der Waals surface area contributed by atoms with Crippen LogP contribution >= 0.6 is 0 Å². The zero-order chi connectivity index (χ0) is 30.4. The number of phenols is 2. The molecule has 10 heteroatoms. The zero-order valence-electron chi connectivity index (χ0n) is 23.5. The molecule has 0 amide bonds. The van der Waals surface area contributed by atoms with Crippen LogP contribution in [0.2, 0.25) is 0 Å². The van der Waals surface area contributed by atoms with Crippen LogP contribution in [0.1, 0.15) is 27.6 Å². The molecular formula is C33H32O10. The number of benzene rings is 4. The van der Waals surface area contributed by atoms with Crippen LogP contribution < -0.4 is 18.9 Å². The first kappa shape index (κ1) is 30.9. The van der Waals surface area contributed by atoms with Crippen molar-refractivity contribution in [3.8, 4) is 34.5 Å². The highest BCUT2D eigenvalue weighted by molar-refractivity contribution is 5.92. The van der Waals surface area contributed by atoms with E-state index in [0.29, 0.717) is 55.7 Å². The average Bonchev–Trinajstić information content (AvgIpc) is 3.02. The first-order valence-electron chi connectivity index (χ1n) is 13.5. The molecule has 0 spiro atoms. The van der Waals surface area contributed by atoms with Crippen molar-refractivity contribution in [2.24, 2.45) is 0 Å². The molecule has 43 heavy (non-hydrogen) atoms. The number of carbonyl (C=O) groups is 2. The Morgan fingerprint density at radius 3 is 1.51 bits per heavy atom. The summed E-state index contributed by atoms with van der Waals surface area (Å²) in [6.07, 6.45) is -0.163. The van der Waals surface area contributed by atoms with Crippen molar-refractivity contribution in [1.29, 1.82) is 0 Å². The number of aromatic hydroxyl groups is 2. The Labute approximate surface area is 248 Å². The predicted octanol–water partition coefficient (Wildman–Crippen LogP) is 5.42. The van der Waals surface area contributed by atoms with Gasteiger partial charge < -0.3 is 38.6 Å². The summed E-state index contributed by atoms with van der Waals surface area (Å²) >= 11 is 0. The Morgan fingerprint density at radius 2 is 1.05 bits per heavy atom. The molecule has 0 aliphatic heterocycles. The van der Waals surface area contributed by atoms with Crippen LogP contribution in [0.5, 0.6) is 34.5 Å². The molecule has 1 unspecified atom stereocenters. The Morgan fingerprint density at radius 1 is 0.605 bits per heavy atom. The van der Waals surface area contributed by atoms with E-state index in [1.807, 2.05) is 6.92 Å². The summed E-state index contributed by atoms with van der Waals surface area (Å²) in [6.45, 7) is 3.57. The van der Waals surface area contributed by atoms with Gasteiger partial charge in [0, 0.05) is 0 Å². The number of para-hydroxylation sites is 4. The predicted molar refractivity (Wildman–Crippen MR) is 156 cm³/mol. The minimum Gasteiger partial charge on any atom is -0.504 e. The minimum absolute atomic E-state index is 0.0916. The first-order chi connectivity index (χ1) is 20.9. The van der Waals surface area contributed by atoms with Gasteiger partial charge in [0.25, 0.3) is 0 Å². The second kappa shape index (κ2) is 15.8. The van der Waals surface area contributed by atoms with E-state index in [-0.39, 0.29) is 29.1 Å². The maximum absolute atomic E-state index is 12.3. The lowest BCUT2D eigenvalue weighted by molar-refractivity contribution is -0.0208. The van der Waals surface area contributed by atoms with Gasteiger partial charge in [0.05, 0.1) is 37.1 Å². The van der Waals surface area contributed by atoms with Crippen LogP contribution in [0.3, 0.4) is 0 Å². The molecular weight excluding hydrogens is 556 g/mol. The van der Waals surface area contributed by atoms with Crippen LogP contribution in [-0.4, -0.2) is 61.3 Å². The third-order valence-electron chi connectivity index (χ3n) is 5.92. The summed E-state index contributed by atoms with van der Waals surface area (Å²) in [5.74, 6) is -0.0638. The number of carbonyl (C=O) groups excluding carboxylic acids is 2. The van der Waals surface area contributed by atoms with Crippen LogP contribution in [0.25, 0.3) is 0 Å². The van der Waals surface area contributed by atoms with E-state index >= 15 is 0 Å². The highest BCUT2D eigenvalue weighted by Gasteiger charge is 2.13. The topological polar surface area (TPSA) is 130 Å². The highest BCUT2D eigenvalue weighted by atomic mass is 16.6. The lowest BCUT2D eigenvalue weighted by Gasteiger charge is -2.14. The summed E-state index contributed by atoms with van der Waals surface area (Å²) in [5.41, 5.74) is 0.647. The Balaban J connectivity index is 1.06. The van der Waals surface area contributed by atoms with E-state index < -0.39 is 11.9 Å². The molecule has 10 nitrogen and oxygen atoms in total. The van der Waals surface area contributed by atoms with Crippen molar-refractivity contribution >= 4 is 11.9 Å². The third-order valence-corrected chi connectivity index (χ3v) is 5.92. The Bertz CT molecular complexity index is 1470. The largest absolute Gasteiger partial charge is 0.504 e. The van der Waals surface area contributed by atoms with Gasteiger partial charge in [-0.25, -0.2) is 9.59 Å². The summed E-state index contributed by atoms with van der Waals surface area (Å²) in [7, 11) is 0. The fraction of sp³-hybridized carbons (Fsp3) is 0.212. The van der Waals surface area contributed by atoms with E-state index in [1.54, 1.807) is 72.8 Å². The van der Waals surface area contributed by atoms with E-state index in [2.05, 4.69) is 0 Å². The van der Waals surface area contributed by atoms with Crippen LogP contribution in [0.4, 0.5) is 0 Å². The number of hydrogen-bond donors (Lipinski definition) is 2. The van der Waals surface area contributed by atoms with Crippen LogP contribution in [0.15, 0.2) is 97.1 Å². The quantitative estimate of drug-likeness (QED) is 0.106. The third kappa shape index (κ3) is 9.77. The van der Waals surface area contributed by atoms with Crippen molar-refractivity contribution < 1.29 is 48.2 Å². The van der Waals surface area contributed by atoms with Crippen molar-refractivity contribution in [2.75, 3.05) is 33.0 Å². The molecule has 2 N–H and O–H groups in total. The van der Waals surface area contributed by atoms with Crippen molar-refractivity contribution in [2.45, 2.75) is 13.0 Å². The molecule has 4 aromatic rings. The molecule has 0 bridgehead atoms. The standard InChI is InChI=1S/C33H32O10/c1-23(39-20-21-41-27-16-12-25(13-17-27)33(37)43-31-9-5-3-7-29(31)35)22-38-18-19-40-26-14-10-24(11-15-26)32(36)42-30-8-4-2-6-28(30)34/h2-17,23,34-35H,18-22H2,1H3. The van der Waals surface area contributed by atoms with Gasteiger partial charge in [-0.2, -0.15) is 0 Å². The summed E-state index contributed by atoms with van der Waals surface area (Å²) in [5, 5.41) is 19.5. The summed E-state index contributed by atoms with van der Waals surface area (Å²) in [4.78, 5) is 24.5. The van der Waals surface area contributed by atoms with Gasteiger partial charge in [0.1, 0.15) is 24.7 Å². The molecule has 0 heterocycles. The SMILES string of the molecule is CC(COCCOc1ccc(C(=O)Oc2ccccc2O)cc1)OCCOc1ccc(C(=O)Oc2ccccc2O)cc1. The number of esters is 2.